The monoisotopic (exact) mass is 212 g/mol. The van der Waals surface area contributed by atoms with E-state index in [9.17, 15) is 5.11 Å². The van der Waals surface area contributed by atoms with Crippen molar-refractivity contribution in [2.45, 2.75) is 20.0 Å². The molecule has 3 heteroatoms. The normalized spacial score (nSPS) is 12.6. The van der Waals surface area contributed by atoms with Crippen molar-refractivity contribution in [3.8, 4) is 5.75 Å². The maximum atomic E-state index is 9.56. The summed E-state index contributed by atoms with van der Waals surface area (Å²) < 4.78 is 5.40. The van der Waals surface area contributed by atoms with E-state index in [0.717, 1.165) is 16.9 Å². The van der Waals surface area contributed by atoms with Crippen LogP contribution >= 0.6 is 12.6 Å². The van der Waals surface area contributed by atoms with Crippen LogP contribution in [-0.2, 0) is 0 Å². The summed E-state index contributed by atoms with van der Waals surface area (Å²) in [6.07, 6.45) is -0.493. The number of rotatable bonds is 4. The highest BCUT2D eigenvalue weighted by molar-refractivity contribution is 7.80. The standard InChI is InChI=1S/C11H16O2S/c1-3-13-11-5-4-9(6-8(11)2)10(12)7-14/h4-6,10,12,14H,3,7H2,1-2H3. The molecule has 0 bridgehead atoms. The Morgan fingerprint density at radius 2 is 2.21 bits per heavy atom. The first-order valence-electron chi connectivity index (χ1n) is 4.71. The van der Waals surface area contributed by atoms with E-state index in [4.69, 9.17) is 4.74 Å². The molecule has 0 heterocycles. The Bertz CT molecular complexity index is 299. The van der Waals surface area contributed by atoms with Gasteiger partial charge in [0, 0.05) is 5.75 Å². The summed E-state index contributed by atoms with van der Waals surface area (Å²) in [5.74, 6) is 1.32. The smallest absolute Gasteiger partial charge is 0.122 e. The summed E-state index contributed by atoms with van der Waals surface area (Å²) in [5.41, 5.74) is 1.94. The molecule has 0 spiro atoms. The zero-order valence-corrected chi connectivity index (χ0v) is 9.42. The first-order valence-corrected chi connectivity index (χ1v) is 5.34. The Morgan fingerprint density at radius 1 is 1.50 bits per heavy atom. The van der Waals surface area contributed by atoms with Gasteiger partial charge in [0.25, 0.3) is 0 Å². The highest BCUT2D eigenvalue weighted by atomic mass is 32.1. The highest BCUT2D eigenvalue weighted by Crippen LogP contribution is 2.23. The molecule has 1 aromatic rings. The summed E-state index contributed by atoms with van der Waals surface area (Å²) in [5, 5.41) is 9.56. The van der Waals surface area contributed by atoms with Gasteiger partial charge in [0.15, 0.2) is 0 Å². The maximum absolute atomic E-state index is 9.56. The third-order valence-electron chi connectivity index (χ3n) is 2.06. The topological polar surface area (TPSA) is 29.5 Å². The minimum absolute atomic E-state index is 0.438. The average Bonchev–Trinajstić information content (AvgIpc) is 2.20. The third kappa shape index (κ3) is 2.66. The Morgan fingerprint density at radius 3 is 2.71 bits per heavy atom. The molecular weight excluding hydrogens is 196 g/mol. The number of thiol groups is 1. The van der Waals surface area contributed by atoms with Gasteiger partial charge in [0.2, 0.25) is 0 Å². The van der Waals surface area contributed by atoms with Crippen molar-refractivity contribution in [2.75, 3.05) is 12.4 Å². The van der Waals surface area contributed by atoms with E-state index < -0.39 is 6.10 Å². The van der Waals surface area contributed by atoms with Crippen molar-refractivity contribution >= 4 is 12.6 Å². The number of hydrogen-bond donors (Lipinski definition) is 2. The predicted octanol–water partition coefficient (Wildman–Crippen LogP) is 2.36. The van der Waals surface area contributed by atoms with Gasteiger partial charge in [-0.05, 0) is 37.1 Å². The lowest BCUT2D eigenvalue weighted by Crippen LogP contribution is -2.00. The number of ether oxygens (including phenoxy) is 1. The Balaban J connectivity index is 2.88. The van der Waals surface area contributed by atoms with Gasteiger partial charge in [-0.2, -0.15) is 12.6 Å². The fourth-order valence-electron chi connectivity index (χ4n) is 1.30. The van der Waals surface area contributed by atoms with Gasteiger partial charge in [-0.3, -0.25) is 0 Å². The van der Waals surface area contributed by atoms with E-state index in [1.54, 1.807) is 0 Å². The van der Waals surface area contributed by atoms with Crippen molar-refractivity contribution in [3.63, 3.8) is 0 Å². The second kappa shape index (κ2) is 5.27. The predicted molar refractivity (Wildman–Crippen MR) is 61.2 cm³/mol. The number of benzene rings is 1. The molecule has 1 rings (SSSR count). The lowest BCUT2D eigenvalue weighted by molar-refractivity contribution is 0.204. The van der Waals surface area contributed by atoms with Crippen LogP contribution < -0.4 is 4.74 Å². The summed E-state index contributed by atoms with van der Waals surface area (Å²) in [6.45, 7) is 4.59. The highest BCUT2D eigenvalue weighted by Gasteiger charge is 2.07. The fraction of sp³-hybridized carbons (Fsp3) is 0.455. The molecule has 1 aromatic carbocycles. The molecule has 0 aromatic heterocycles. The van der Waals surface area contributed by atoms with Crippen molar-refractivity contribution in [1.29, 1.82) is 0 Å². The summed E-state index contributed by atoms with van der Waals surface area (Å²) >= 11 is 4.05. The van der Waals surface area contributed by atoms with Crippen molar-refractivity contribution in [2.24, 2.45) is 0 Å². The van der Waals surface area contributed by atoms with Crippen LogP contribution in [0, 0.1) is 6.92 Å². The molecule has 2 nitrogen and oxygen atoms in total. The van der Waals surface area contributed by atoms with Crippen LogP contribution in [0.2, 0.25) is 0 Å². The number of aliphatic hydroxyl groups is 1. The SMILES string of the molecule is CCOc1ccc(C(O)CS)cc1C. The molecule has 1 N–H and O–H groups in total. The van der Waals surface area contributed by atoms with Gasteiger partial charge in [-0.1, -0.05) is 6.07 Å². The summed E-state index contributed by atoms with van der Waals surface area (Å²) in [6, 6.07) is 5.70. The maximum Gasteiger partial charge on any atom is 0.122 e. The molecule has 0 aliphatic rings. The largest absolute Gasteiger partial charge is 0.494 e. The molecule has 0 amide bonds. The molecule has 1 atom stereocenters. The van der Waals surface area contributed by atoms with E-state index in [2.05, 4.69) is 12.6 Å². The Hall–Kier alpha value is -0.670. The number of aryl methyl sites for hydroxylation is 1. The molecule has 0 aliphatic heterocycles. The van der Waals surface area contributed by atoms with E-state index >= 15 is 0 Å². The van der Waals surface area contributed by atoms with Crippen molar-refractivity contribution in [3.05, 3.63) is 29.3 Å². The summed E-state index contributed by atoms with van der Waals surface area (Å²) in [4.78, 5) is 0. The quantitative estimate of drug-likeness (QED) is 0.750. The van der Waals surface area contributed by atoms with Crippen LogP contribution in [0.5, 0.6) is 5.75 Å². The molecular formula is C11H16O2S. The number of aliphatic hydroxyl groups excluding tert-OH is 1. The minimum atomic E-state index is -0.493. The van der Waals surface area contributed by atoms with Gasteiger partial charge in [-0.15, -0.1) is 0 Å². The van der Waals surface area contributed by atoms with Crippen molar-refractivity contribution in [1.82, 2.24) is 0 Å². The van der Waals surface area contributed by atoms with Crippen LogP contribution in [0.25, 0.3) is 0 Å². The van der Waals surface area contributed by atoms with E-state index in [1.165, 1.54) is 0 Å². The molecule has 0 aliphatic carbocycles. The fourth-order valence-corrected chi connectivity index (χ4v) is 1.51. The lowest BCUT2D eigenvalue weighted by Gasteiger charge is -2.11. The van der Waals surface area contributed by atoms with Gasteiger partial charge in [-0.25, -0.2) is 0 Å². The molecule has 0 fully saturated rings. The second-order valence-electron chi connectivity index (χ2n) is 3.16. The lowest BCUT2D eigenvalue weighted by atomic mass is 10.1. The van der Waals surface area contributed by atoms with E-state index in [0.29, 0.717) is 12.4 Å². The first kappa shape index (κ1) is 11.4. The first-order chi connectivity index (χ1) is 6.69. The minimum Gasteiger partial charge on any atom is -0.494 e. The zero-order chi connectivity index (χ0) is 10.6. The van der Waals surface area contributed by atoms with Crippen LogP contribution in [0.3, 0.4) is 0 Å². The molecule has 0 saturated heterocycles. The van der Waals surface area contributed by atoms with Crippen LogP contribution in [0.1, 0.15) is 24.2 Å². The average molecular weight is 212 g/mol. The van der Waals surface area contributed by atoms with Crippen LogP contribution in [0.15, 0.2) is 18.2 Å². The van der Waals surface area contributed by atoms with Gasteiger partial charge >= 0.3 is 0 Å². The van der Waals surface area contributed by atoms with Crippen LogP contribution in [-0.4, -0.2) is 17.5 Å². The van der Waals surface area contributed by atoms with E-state index in [-0.39, 0.29) is 0 Å². The molecule has 0 saturated carbocycles. The van der Waals surface area contributed by atoms with Crippen molar-refractivity contribution < 1.29 is 9.84 Å². The Kier molecular flexibility index (Phi) is 4.29. The number of hydrogen-bond acceptors (Lipinski definition) is 3. The van der Waals surface area contributed by atoms with Gasteiger partial charge in [0.1, 0.15) is 5.75 Å². The zero-order valence-electron chi connectivity index (χ0n) is 8.53. The molecule has 1 unspecified atom stereocenters. The molecule has 78 valence electrons. The second-order valence-corrected chi connectivity index (χ2v) is 3.52. The van der Waals surface area contributed by atoms with Gasteiger partial charge in [0.05, 0.1) is 12.7 Å². The third-order valence-corrected chi connectivity index (χ3v) is 2.40. The Labute approximate surface area is 90.3 Å². The summed E-state index contributed by atoms with van der Waals surface area (Å²) in [7, 11) is 0. The van der Waals surface area contributed by atoms with Gasteiger partial charge < -0.3 is 9.84 Å². The molecule has 0 radical (unpaired) electrons. The van der Waals surface area contributed by atoms with E-state index in [1.807, 2.05) is 32.0 Å². The van der Waals surface area contributed by atoms with Crippen LogP contribution in [0.4, 0.5) is 0 Å². The molecule has 14 heavy (non-hydrogen) atoms.